The van der Waals surface area contributed by atoms with Gasteiger partial charge in [0.2, 0.25) is 0 Å². The number of carbonyl (C=O) groups is 2. The second-order valence-electron chi connectivity index (χ2n) is 4.12. The van der Waals surface area contributed by atoms with E-state index in [2.05, 4.69) is 10.6 Å². The first-order chi connectivity index (χ1) is 9.91. The van der Waals surface area contributed by atoms with Gasteiger partial charge in [-0.1, -0.05) is 24.1 Å². The molecular formula is C13H18Cl2N2O4Pt. The Bertz CT molecular complexity index is 374. The maximum atomic E-state index is 9.43. The molecule has 1 fully saturated rings. The molecule has 6 nitrogen and oxygen atoms in total. The molecule has 2 heterocycles. The van der Waals surface area contributed by atoms with Gasteiger partial charge >= 0.3 is 33.0 Å². The molecule has 0 radical (unpaired) electrons. The molecule has 0 aromatic rings. The van der Waals surface area contributed by atoms with Gasteiger partial charge in [-0.3, -0.25) is 9.59 Å². The molecule has 9 heteroatoms. The number of carboxylic acids is 2. The number of rotatable bonds is 2. The second kappa shape index (κ2) is 15.3. The molecule has 22 heavy (non-hydrogen) atoms. The van der Waals surface area contributed by atoms with Gasteiger partial charge in [-0.05, 0) is 6.42 Å². The predicted molar refractivity (Wildman–Crippen MR) is 83.2 cm³/mol. The fourth-order valence-electron chi connectivity index (χ4n) is 1.29. The topological polar surface area (TPSA) is 103 Å². The summed E-state index contributed by atoms with van der Waals surface area (Å²) in [5.41, 5.74) is 0. The standard InChI is InChI=1S/C5H9ClN.C5H5ClN.C3H4O4.Pt/c2*6-5-2-1-3-7-4-5;4-2(5)1-3(6)7;/h5H,1-4H2;1-2,4H,3H2;1H2,(H,4,5)(H,6,7);/q2*-1;;+2. The quantitative estimate of drug-likeness (QED) is 0.421. The first-order valence-corrected chi connectivity index (χ1v) is 7.13. The van der Waals surface area contributed by atoms with Crippen molar-refractivity contribution < 1.29 is 40.9 Å². The Kier molecular flexibility index (Phi) is 16.5. The predicted octanol–water partition coefficient (Wildman–Crippen LogP) is 3.31. The van der Waals surface area contributed by atoms with E-state index in [1.54, 1.807) is 6.20 Å². The minimum atomic E-state index is -1.31. The monoisotopic (exact) mass is 531 g/mol. The van der Waals surface area contributed by atoms with E-state index in [0.717, 1.165) is 26.1 Å². The van der Waals surface area contributed by atoms with Crippen LogP contribution in [0.4, 0.5) is 0 Å². The molecule has 128 valence electrons. The van der Waals surface area contributed by atoms with Gasteiger partial charge in [-0.2, -0.15) is 6.20 Å². The van der Waals surface area contributed by atoms with Crippen LogP contribution in [0.25, 0.3) is 10.6 Å². The molecule has 0 aliphatic carbocycles. The molecule has 0 bridgehead atoms. The summed E-state index contributed by atoms with van der Waals surface area (Å²) in [6.45, 7) is 2.68. The minimum absolute atomic E-state index is 0. The van der Waals surface area contributed by atoms with Crippen molar-refractivity contribution in [3.05, 3.63) is 34.0 Å². The van der Waals surface area contributed by atoms with Crippen molar-refractivity contribution in [3.8, 4) is 0 Å². The Labute approximate surface area is 154 Å². The zero-order valence-electron chi connectivity index (χ0n) is 11.7. The van der Waals surface area contributed by atoms with Gasteiger partial charge in [0.1, 0.15) is 6.42 Å². The molecule has 0 aromatic heterocycles. The molecule has 2 N–H and O–H groups in total. The molecule has 1 saturated heterocycles. The normalized spacial score (nSPS) is 18.8. The SMILES string of the molecule is ClC1=C[N-]CC=C1.ClC1CCC[N-]C1.O=C(O)CC(=O)O.[Pt+2]. The van der Waals surface area contributed by atoms with Gasteiger partial charge in [0.25, 0.3) is 0 Å². The number of carboxylic acid groups (broad SMARTS) is 2. The molecule has 0 saturated carbocycles. The van der Waals surface area contributed by atoms with Gasteiger partial charge in [-0.15, -0.1) is 37.3 Å². The Morgan fingerprint density at radius 3 is 2.14 bits per heavy atom. The van der Waals surface area contributed by atoms with Crippen molar-refractivity contribution in [1.82, 2.24) is 0 Å². The van der Waals surface area contributed by atoms with Crippen LogP contribution in [0.1, 0.15) is 19.3 Å². The van der Waals surface area contributed by atoms with E-state index >= 15 is 0 Å². The maximum absolute atomic E-state index is 9.43. The van der Waals surface area contributed by atoms with E-state index in [1.807, 2.05) is 12.2 Å². The van der Waals surface area contributed by atoms with E-state index in [9.17, 15) is 9.59 Å². The first-order valence-electron chi connectivity index (χ1n) is 6.31. The van der Waals surface area contributed by atoms with Crippen LogP contribution in [0.3, 0.4) is 0 Å². The van der Waals surface area contributed by atoms with E-state index < -0.39 is 18.4 Å². The van der Waals surface area contributed by atoms with Crippen molar-refractivity contribution >= 4 is 35.1 Å². The van der Waals surface area contributed by atoms with E-state index in [0.29, 0.717) is 10.4 Å². The van der Waals surface area contributed by atoms with Crippen LogP contribution in [-0.4, -0.2) is 47.2 Å². The number of allylic oxidation sites excluding steroid dienone is 2. The summed E-state index contributed by atoms with van der Waals surface area (Å²) in [6.07, 6.45) is 6.96. The van der Waals surface area contributed by atoms with Gasteiger partial charge in [0, 0.05) is 10.4 Å². The minimum Gasteiger partial charge on any atom is -0.686 e. The summed E-state index contributed by atoms with van der Waals surface area (Å²) >= 11 is 11.2. The molecule has 2 aliphatic rings. The third kappa shape index (κ3) is 17.5. The van der Waals surface area contributed by atoms with Crippen LogP contribution >= 0.6 is 23.2 Å². The van der Waals surface area contributed by atoms with Crippen LogP contribution in [-0.2, 0) is 30.7 Å². The van der Waals surface area contributed by atoms with Gasteiger partial charge in [0.05, 0.1) is 0 Å². The summed E-state index contributed by atoms with van der Waals surface area (Å²) in [7, 11) is 0. The van der Waals surface area contributed by atoms with E-state index in [-0.39, 0.29) is 21.1 Å². The molecule has 2 rings (SSSR count). The van der Waals surface area contributed by atoms with E-state index in [1.165, 1.54) is 6.42 Å². The van der Waals surface area contributed by atoms with Crippen molar-refractivity contribution in [3.63, 3.8) is 0 Å². The summed E-state index contributed by atoms with van der Waals surface area (Å²) in [6, 6.07) is 0. The summed E-state index contributed by atoms with van der Waals surface area (Å²) in [5.74, 6) is -2.62. The smallest absolute Gasteiger partial charge is 0.686 e. The van der Waals surface area contributed by atoms with Crippen molar-refractivity contribution in [1.29, 1.82) is 0 Å². The number of alkyl halides is 1. The summed E-state index contributed by atoms with van der Waals surface area (Å²) < 4.78 is 0. The molecular weight excluding hydrogens is 514 g/mol. The number of hydrogen-bond donors (Lipinski definition) is 2. The zero-order chi connectivity index (χ0) is 16.1. The Hall–Kier alpha value is -0.552. The van der Waals surface area contributed by atoms with Crippen molar-refractivity contribution in [2.45, 2.75) is 24.6 Å². The first kappa shape index (κ1) is 23.7. The number of halogens is 2. The number of aliphatic carboxylic acids is 2. The zero-order valence-corrected chi connectivity index (χ0v) is 15.5. The largest absolute Gasteiger partial charge is 2.00 e. The van der Waals surface area contributed by atoms with Gasteiger partial charge in [0.15, 0.2) is 0 Å². The molecule has 0 spiro atoms. The van der Waals surface area contributed by atoms with Gasteiger partial charge in [-0.25, -0.2) is 0 Å². The van der Waals surface area contributed by atoms with Crippen LogP contribution in [0.2, 0.25) is 0 Å². The van der Waals surface area contributed by atoms with Crippen LogP contribution in [0.5, 0.6) is 0 Å². The molecule has 2 aliphatic heterocycles. The number of hydrogen-bond acceptors (Lipinski definition) is 2. The van der Waals surface area contributed by atoms with Crippen LogP contribution in [0.15, 0.2) is 23.4 Å². The van der Waals surface area contributed by atoms with Crippen LogP contribution in [0, 0.1) is 0 Å². The molecule has 1 unspecified atom stereocenters. The molecule has 0 amide bonds. The Morgan fingerprint density at radius 2 is 1.95 bits per heavy atom. The number of piperidine rings is 1. The summed E-state index contributed by atoms with van der Waals surface area (Å²) in [4.78, 5) is 18.9. The van der Waals surface area contributed by atoms with Crippen molar-refractivity contribution in [2.24, 2.45) is 0 Å². The number of nitrogens with zero attached hydrogens (tertiary/aromatic N) is 2. The maximum Gasteiger partial charge on any atom is 2.00 e. The molecule has 1 atom stereocenters. The third-order valence-corrected chi connectivity index (χ3v) is 2.75. The average molecular weight is 532 g/mol. The van der Waals surface area contributed by atoms with Crippen molar-refractivity contribution in [2.75, 3.05) is 19.6 Å². The molecule has 0 aromatic carbocycles. The average Bonchev–Trinajstić information content (AvgIpc) is 2.40. The Balaban J connectivity index is 0. The fraction of sp³-hybridized carbons (Fsp3) is 0.538. The van der Waals surface area contributed by atoms with Gasteiger partial charge < -0.3 is 20.8 Å². The summed E-state index contributed by atoms with van der Waals surface area (Å²) in [5, 5.41) is 24.5. The second-order valence-corrected chi connectivity index (χ2v) is 5.17. The van der Waals surface area contributed by atoms with E-state index in [4.69, 9.17) is 33.4 Å². The Morgan fingerprint density at radius 1 is 1.32 bits per heavy atom. The third-order valence-electron chi connectivity index (χ3n) is 2.17. The fourth-order valence-corrected chi connectivity index (χ4v) is 1.70. The van der Waals surface area contributed by atoms with Crippen LogP contribution < -0.4 is 0 Å².